The molecule has 5 rings (SSSR count). The number of nitrogens with one attached hydrogen (secondary N) is 1. The zero-order valence-corrected chi connectivity index (χ0v) is 16.8. The van der Waals surface area contributed by atoms with Gasteiger partial charge in [-0.25, -0.2) is 19.8 Å². The molecule has 2 aliphatic heterocycles. The van der Waals surface area contributed by atoms with Gasteiger partial charge in [0.15, 0.2) is 29.3 Å². The number of hydrogen-bond acceptors (Lipinski definition) is 9. The molecular weight excluding hydrogens is 396 g/mol. The maximum absolute atomic E-state index is 10.7. The quantitative estimate of drug-likeness (QED) is 0.385. The van der Waals surface area contributed by atoms with Crippen molar-refractivity contribution < 1.29 is 23.8 Å². The van der Waals surface area contributed by atoms with E-state index < -0.39 is 32.4 Å². The number of hydrogen-bond donors (Lipinski definition) is 3. The van der Waals surface area contributed by atoms with Crippen LogP contribution in [-0.2, 0) is 13.8 Å². The lowest BCUT2D eigenvalue weighted by Crippen LogP contribution is -2.40. The third-order valence-corrected chi connectivity index (χ3v) is 6.90. The normalized spacial score (nSPS) is 36.1. The maximum Gasteiger partial charge on any atom is 0.488 e. The van der Waals surface area contributed by atoms with Crippen molar-refractivity contribution in [3.05, 3.63) is 12.7 Å². The molecule has 2 radical (unpaired) electrons. The van der Waals surface area contributed by atoms with Gasteiger partial charge in [-0.15, -0.1) is 0 Å². The summed E-state index contributed by atoms with van der Waals surface area (Å²) in [6.07, 6.45) is 7.11. The highest BCUT2D eigenvalue weighted by atomic mass is 31.2. The summed E-state index contributed by atoms with van der Waals surface area (Å²) in [5.41, 5.74) is 1.18. The minimum Gasteiger partial charge on any atom is -0.385 e. The van der Waals surface area contributed by atoms with E-state index in [1.54, 1.807) is 10.9 Å². The Hall–Kier alpha value is -1.36. The highest BCUT2D eigenvalue weighted by Crippen LogP contribution is 2.58. The predicted molar refractivity (Wildman–Crippen MR) is 106 cm³/mol. The van der Waals surface area contributed by atoms with Crippen LogP contribution < -0.4 is 5.32 Å². The van der Waals surface area contributed by atoms with Crippen molar-refractivity contribution >= 4 is 32.4 Å². The number of aromatic nitrogens is 4. The van der Waals surface area contributed by atoms with Crippen LogP contribution in [0, 0.1) is 0 Å². The Bertz CT molecular complexity index is 877. The van der Waals surface area contributed by atoms with Crippen LogP contribution in [0.15, 0.2) is 12.7 Å². The van der Waals surface area contributed by atoms with Gasteiger partial charge in [0.1, 0.15) is 25.1 Å². The molecule has 2 aromatic heterocycles. The molecule has 1 aliphatic carbocycles. The van der Waals surface area contributed by atoms with Gasteiger partial charge in [0.05, 0.1) is 6.33 Å². The fourth-order valence-electron chi connectivity index (χ4n) is 4.36. The van der Waals surface area contributed by atoms with Crippen LogP contribution in [0.1, 0.15) is 44.8 Å². The van der Waals surface area contributed by atoms with E-state index >= 15 is 0 Å². The van der Waals surface area contributed by atoms with E-state index in [1.807, 2.05) is 0 Å². The van der Waals surface area contributed by atoms with E-state index in [9.17, 15) is 10.00 Å². The molecule has 0 amide bonds. The fourth-order valence-corrected chi connectivity index (χ4v) is 5.39. The summed E-state index contributed by atoms with van der Waals surface area (Å²) in [6, 6.07) is 0.369. The number of anilines is 1. The number of imidazole rings is 1. The first kappa shape index (κ1) is 19.6. The van der Waals surface area contributed by atoms with Crippen LogP contribution in [0.4, 0.5) is 5.82 Å². The summed E-state index contributed by atoms with van der Waals surface area (Å²) in [5.74, 6) is 0.687. The third kappa shape index (κ3) is 3.76. The van der Waals surface area contributed by atoms with Gasteiger partial charge in [0.25, 0.3) is 0 Å². The molecule has 154 valence electrons. The zero-order valence-electron chi connectivity index (χ0n) is 15.9. The fraction of sp³-hybridized carbons (Fsp3) is 0.706. The largest absolute Gasteiger partial charge is 0.488 e. The Morgan fingerprint density at radius 2 is 1.97 bits per heavy atom. The Balaban J connectivity index is 1.40. The lowest BCUT2D eigenvalue weighted by molar-refractivity contribution is -0.0603. The number of ether oxygens (including phenoxy) is 1. The topological polar surface area (TPSA) is 124 Å². The molecule has 3 N–H and O–H groups in total. The van der Waals surface area contributed by atoms with Gasteiger partial charge in [0.2, 0.25) is 0 Å². The second-order valence-electron chi connectivity index (χ2n) is 7.86. The summed E-state index contributed by atoms with van der Waals surface area (Å²) >= 11 is 0. The van der Waals surface area contributed by atoms with Crippen LogP contribution in [0.2, 0.25) is 0 Å². The number of fused-ring (bicyclic) bond motifs is 2. The molecule has 3 aliphatic rings. The van der Waals surface area contributed by atoms with Gasteiger partial charge < -0.3 is 15.2 Å². The Morgan fingerprint density at radius 1 is 1.17 bits per heavy atom. The van der Waals surface area contributed by atoms with Crippen LogP contribution in [0.25, 0.3) is 11.2 Å². The van der Waals surface area contributed by atoms with E-state index in [2.05, 4.69) is 20.3 Å². The molecule has 12 heteroatoms. The minimum atomic E-state index is -3.43. The summed E-state index contributed by atoms with van der Waals surface area (Å²) in [6.45, 7) is 0.0507. The molecule has 29 heavy (non-hydrogen) atoms. The van der Waals surface area contributed by atoms with E-state index in [0.29, 0.717) is 23.0 Å². The SMILES string of the molecule is [B][P+]1(O)OC[C@H]2O[C@@H](n3cnc4c(NC5CCCCCC5)ncnc43)C(O)[C@@H]2O1. The highest BCUT2D eigenvalue weighted by Gasteiger charge is 2.57. The highest BCUT2D eigenvalue weighted by molar-refractivity contribution is 7.85. The van der Waals surface area contributed by atoms with Crippen LogP contribution in [0.3, 0.4) is 0 Å². The number of aliphatic hydroxyl groups excluding tert-OH is 1. The van der Waals surface area contributed by atoms with Crippen LogP contribution >= 0.6 is 7.82 Å². The van der Waals surface area contributed by atoms with Crippen molar-refractivity contribution in [2.75, 3.05) is 11.9 Å². The maximum atomic E-state index is 10.7. The Morgan fingerprint density at radius 3 is 2.76 bits per heavy atom. The van der Waals surface area contributed by atoms with Crippen LogP contribution in [-0.4, -0.2) is 68.0 Å². The lowest BCUT2D eigenvalue weighted by atomic mass is 10.1. The molecule has 0 aromatic carbocycles. The van der Waals surface area contributed by atoms with Gasteiger partial charge in [-0.3, -0.25) is 4.57 Å². The molecule has 1 saturated carbocycles. The second kappa shape index (κ2) is 7.72. The first-order valence-corrected chi connectivity index (χ1v) is 11.7. The van der Waals surface area contributed by atoms with Crippen LogP contribution in [0.5, 0.6) is 0 Å². The van der Waals surface area contributed by atoms with E-state index in [4.69, 9.17) is 21.4 Å². The molecule has 5 atom stereocenters. The monoisotopic (exact) mass is 420 g/mol. The molecule has 4 heterocycles. The average Bonchev–Trinajstić information content (AvgIpc) is 3.14. The van der Waals surface area contributed by atoms with Gasteiger partial charge in [0, 0.05) is 6.04 Å². The Kier molecular flexibility index (Phi) is 5.22. The Labute approximate surface area is 169 Å². The number of nitrogens with zero attached hydrogens (tertiary/aromatic N) is 4. The van der Waals surface area contributed by atoms with Gasteiger partial charge in [-0.2, -0.15) is 9.05 Å². The first-order valence-electron chi connectivity index (χ1n) is 10.0. The molecule has 2 saturated heterocycles. The second-order valence-corrected chi connectivity index (χ2v) is 9.46. The van der Waals surface area contributed by atoms with Crippen molar-refractivity contribution in [3.8, 4) is 0 Å². The summed E-state index contributed by atoms with van der Waals surface area (Å²) in [4.78, 5) is 23.1. The van der Waals surface area contributed by atoms with Gasteiger partial charge >= 0.3 is 15.4 Å². The molecule has 10 nitrogen and oxygen atoms in total. The van der Waals surface area contributed by atoms with Gasteiger partial charge in [-0.05, 0) is 12.8 Å². The summed E-state index contributed by atoms with van der Waals surface area (Å²) in [7, 11) is 2.15. The predicted octanol–water partition coefficient (Wildman–Crippen LogP) is 1.47. The average molecular weight is 420 g/mol. The van der Waals surface area contributed by atoms with E-state index in [1.165, 1.54) is 32.0 Å². The third-order valence-electron chi connectivity index (χ3n) is 5.83. The standard InChI is InChI=1S/C17H24BN5O5P/c18-29(25)26-7-11-14(28-29)13(24)17(27-11)23-9-21-12-15(19-8-20-16(12)23)22-10-5-3-1-2-4-6-10/h8-11,13-14,17,24-25H,1-7H2,(H,19,20,22)/q+1/t11-,13?,14-,17-,29?/m1/s1. The van der Waals surface area contributed by atoms with Crippen molar-refractivity contribution in [2.45, 2.75) is 69.1 Å². The molecule has 2 unspecified atom stereocenters. The molecule has 3 fully saturated rings. The van der Waals surface area contributed by atoms with Crippen molar-refractivity contribution in [2.24, 2.45) is 0 Å². The lowest BCUT2D eigenvalue weighted by Gasteiger charge is -2.27. The smallest absolute Gasteiger partial charge is 0.385 e. The van der Waals surface area contributed by atoms with Gasteiger partial charge in [-0.1, -0.05) is 25.7 Å². The van der Waals surface area contributed by atoms with E-state index in [0.717, 1.165) is 12.8 Å². The zero-order chi connectivity index (χ0) is 20.0. The van der Waals surface area contributed by atoms with Crippen molar-refractivity contribution in [3.63, 3.8) is 0 Å². The van der Waals surface area contributed by atoms with Crippen molar-refractivity contribution in [1.29, 1.82) is 0 Å². The molecule has 2 aromatic rings. The number of aliphatic hydroxyl groups is 1. The number of rotatable bonds is 3. The summed E-state index contributed by atoms with van der Waals surface area (Å²) in [5, 5.41) is 14.3. The van der Waals surface area contributed by atoms with E-state index in [-0.39, 0.29) is 6.61 Å². The molecule has 0 spiro atoms. The minimum absolute atomic E-state index is 0.0507. The molecular formula is C17H24BN5O5P+. The van der Waals surface area contributed by atoms with Crippen molar-refractivity contribution in [1.82, 2.24) is 19.5 Å². The summed E-state index contributed by atoms with van der Waals surface area (Å²) < 4.78 is 18.1. The first-order chi connectivity index (χ1) is 14.0. The molecule has 0 bridgehead atoms.